The van der Waals surface area contributed by atoms with Crippen molar-refractivity contribution >= 4 is 22.4 Å². The SMILES string of the molecule is CC(C)CC(=O)Nc1c(C(O)(C(F)(F)F)C(F)(F)F)ccc2ccccc12. The Hall–Kier alpha value is -2.29. The first-order valence-corrected chi connectivity index (χ1v) is 7.97. The number of halogens is 6. The Morgan fingerprint density at radius 1 is 1.00 bits per heavy atom. The van der Waals surface area contributed by atoms with Gasteiger partial charge in [0, 0.05) is 17.4 Å². The molecule has 2 aromatic carbocycles. The van der Waals surface area contributed by atoms with Crippen LogP contribution in [0.25, 0.3) is 10.8 Å². The molecule has 0 aliphatic rings. The molecule has 0 saturated carbocycles. The number of alkyl halides is 6. The van der Waals surface area contributed by atoms with Crippen molar-refractivity contribution in [1.29, 1.82) is 0 Å². The van der Waals surface area contributed by atoms with Crippen LogP contribution in [0.4, 0.5) is 32.0 Å². The van der Waals surface area contributed by atoms with E-state index < -0.39 is 35.1 Å². The summed E-state index contributed by atoms with van der Waals surface area (Å²) in [6.45, 7) is 3.34. The minimum absolute atomic E-state index is 0.0426. The molecule has 0 aromatic heterocycles. The van der Waals surface area contributed by atoms with Crippen LogP contribution in [0.2, 0.25) is 0 Å². The Labute approximate surface area is 151 Å². The summed E-state index contributed by atoms with van der Waals surface area (Å²) in [5, 5.41) is 12.2. The molecule has 3 nitrogen and oxygen atoms in total. The van der Waals surface area contributed by atoms with Crippen molar-refractivity contribution in [3.05, 3.63) is 42.0 Å². The topological polar surface area (TPSA) is 49.3 Å². The van der Waals surface area contributed by atoms with Gasteiger partial charge < -0.3 is 10.4 Å². The van der Waals surface area contributed by atoms with Crippen molar-refractivity contribution in [2.24, 2.45) is 5.92 Å². The molecule has 2 N–H and O–H groups in total. The van der Waals surface area contributed by atoms with Crippen LogP contribution in [-0.4, -0.2) is 23.4 Å². The van der Waals surface area contributed by atoms with Gasteiger partial charge in [0.25, 0.3) is 5.60 Å². The minimum atomic E-state index is -6.05. The van der Waals surface area contributed by atoms with E-state index >= 15 is 0 Å². The van der Waals surface area contributed by atoms with Crippen LogP contribution in [0, 0.1) is 5.92 Å². The third-order valence-electron chi connectivity index (χ3n) is 4.00. The largest absolute Gasteiger partial charge is 0.430 e. The number of aliphatic hydroxyl groups is 1. The molecule has 0 aliphatic carbocycles. The Balaban J connectivity index is 2.79. The van der Waals surface area contributed by atoms with Gasteiger partial charge in [-0.1, -0.05) is 50.2 Å². The number of rotatable bonds is 4. The second-order valence-corrected chi connectivity index (χ2v) is 6.56. The van der Waals surface area contributed by atoms with Gasteiger partial charge >= 0.3 is 12.4 Å². The lowest BCUT2D eigenvalue weighted by molar-refractivity contribution is -0.375. The molecule has 0 saturated heterocycles. The Morgan fingerprint density at radius 3 is 2.07 bits per heavy atom. The first-order valence-electron chi connectivity index (χ1n) is 7.97. The Kier molecular flexibility index (Phi) is 5.47. The van der Waals surface area contributed by atoms with Crippen LogP contribution >= 0.6 is 0 Å². The zero-order chi connectivity index (χ0) is 20.6. The van der Waals surface area contributed by atoms with E-state index in [9.17, 15) is 36.2 Å². The van der Waals surface area contributed by atoms with Crippen molar-refractivity contribution in [3.63, 3.8) is 0 Å². The average molecular weight is 393 g/mol. The van der Waals surface area contributed by atoms with Crippen molar-refractivity contribution in [1.82, 2.24) is 0 Å². The van der Waals surface area contributed by atoms with Crippen LogP contribution in [0.5, 0.6) is 0 Å². The zero-order valence-corrected chi connectivity index (χ0v) is 14.4. The summed E-state index contributed by atoms with van der Waals surface area (Å²) in [7, 11) is 0. The normalized spacial score (nSPS) is 13.3. The van der Waals surface area contributed by atoms with Crippen molar-refractivity contribution in [3.8, 4) is 0 Å². The van der Waals surface area contributed by atoms with Gasteiger partial charge in [0.2, 0.25) is 5.91 Å². The lowest BCUT2D eigenvalue weighted by Gasteiger charge is -2.34. The molecule has 0 aliphatic heterocycles. The van der Waals surface area contributed by atoms with Crippen LogP contribution in [-0.2, 0) is 10.4 Å². The Bertz CT molecular complexity index is 828. The molecule has 2 rings (SSSR count). The molecule has 0 radical (unpaired) electrons. The predicted molar refractivity (Wildman–Crippen MR) is 88.0 cm³/mol. The number of carbonyl (C=O) groups is 1. The summed E-state index contributed by atoms with van der Waals surface area (Å²) in [6.07, 6.45) is -12.2. The number of carbonyl (C=O) groups excluding carboxylic acids is 1. The molecular formula is C18H17F6NO2. The highest BCUT2D eigenvalue weighted by Gasteiger charge is 2.72. The summed E-state index contributed by atoms with van der Waals surface area (Å²) in [6, 6.07) is 7.26. The second kappa shape index (κ2) is 7.03. The van der Waals surface area contributed by atoms with E-state index in [2.05, 4.69) is 5.32 Å². The van der Waals surface area contributed by atoms with Gasteiger partial charge in [0.1, 0.15) is 0 Å². The first-order chi connectivity index (χ1) is 12.3. The molecule has 2 aromatic rings. The average Bonchev–Trinajstić information content (AvgIpc) is 2.51. The van der Waals surface area contributed by atoms with Gasteiger partial charge in [-0.05, 0) is 11.3 Å². The highest BCUT2D eigenvalue weighted by Crippen LogP contribution is 2.52. The Morgan fingerprint density at radius 2 is 1.56 bits per heavy atom. The molecule has 0 bridgehead atoms. The van der Waals surface area contributed by atoms with E-state index in [-0.39, 0.29) is 17.7 Å². The third-order valence-corrected chi connectivity index (χ3v) is 4.00. The number of hydrogen-bond acceptors (Lipinski definition) is 2. The summed E-state index contributed by atoms with van der Waals surface area (Å²) in [5.74, 6) is -0.929. The molecule has 0 unspecified atom stereocenters. The van der Waals surface area contributed by atoms with Gasteiger partial charge in [-0.25, -0.2) is 0 Å². The fourth-order valence-corrected chi connectivity index (χ4v) is 2.74. The maximum Gasteiger partial charge on any atom is 0.430 e. The van der Waals surface area contributed by atoms with Gasteiger partial charge in [-0.2, -0.15) is 26.3 Å². The number of benzene rings is 2. The van der Waals surface area contributed by atoms with E-state index in [0.717, 1.165) is 6.07 Å². The molecule has 1 amide bonds. The maximum atomic E-state index is 13.3. The number of amides is 1. The van der Waals surface area contributed by atoms with E-state index in [4.69, 9.17) is 0 Å². The molecule has 0 spiro atoms. The van der Waals surface area contributed by atoms with Crippen LogP contribution in [0.1, 0.15) is 25.8 Å². The highest BCUT2D eigenvalue weighted by atomic mass is 19.4. The number of nitrogens with one attached hydrogen (secondary N) is 1. The standard InChI is InChI=1S/C18H17F6NO2/c1-10(2)9-14(26)25-15-12-6-4-3-5-11(12)7-8-13(15)16(27,17(19,20)21)18(22,23)24/h3-8,10,27H,9H2,1-2H3,(H,25,26). The number of anilines is 1. The smallest absolute Gasteiger partial charge is 0.369 e. The van der Waals surface area contributed by atoms with Gasteiger partial charge in [-0.3, -0.25) is 4.79 Å². The molecule has 9 heteroatoms. The van der Waals surface area contributed by atoms with Crippen molar-refractivity contribution in [2.75, 3.05) is 5.32 Å². The predicted octanol–water partition coefficient (Wildman–Crippen LogP) is 5.14. The van der Waals surface area contributed by atoms with Gasteiger partial charge in [-0.15, -0.1) is 0 Å². The highest BCUT2D eigenvalue weighted by molar-refractivity contribution is 6.03. The summed E-state index contributed by atoms with van der Waals surface area (Å²) in [5.41, 5.74) is -7.32. The lowest BCUT2D eigenvalue weighted by Crippen LogP contribution is -2.54. The van der Waals surface area contributed by atoms with Gasteiger partial charge in [0.05, 0.1) is 5.69 Å². The molecule has 0 heterocycles. The molecule has 27 heavy (non-hydrogen) atoms. The van der Waals surface area contributed by atoms with Crippen molar-refractivity contribution < 1.29 is 36.2 Å². The van der Waals surface area contributed by atoms with Crippen LogP contribution < -0.4 is 5.32 Å². The maximum absolute atomic E-state index is 13.3. The van der Waals surface area contributed by atoms with Crippen LogP contribution in [0.3, 0.4) is 0 Å². The third kappa shape index (κ3) is 3.87. The monoisotopic (exact) mass is 393 g/mol. The van der Waals surface area contributed by atoms with Crippen molar-refractivity contribution in [2.45, 2.75) is 38.2 Å². The van der Waals surface area contributed by atoms with Crippen LogP contribution in [0.15, 0.2) is 36.4 Å². The second-order valence-electron chi connectivity index (χ2n) is 6.56. The minimum Gasteiger partial charge on any atom is -0.369 e. The number of fused-ring (bicyclic) bond motifs is 1. The fourth-order valence-electron chi connectivity index (χ4n) is 2.74. The van der Waals surface area contributed by atoms with E-state index in [1.54, 1.807) is 19.9 Å². The molecule has 148 valence electrons. The summed E-state index contributed by atoms with van der Waals surface area (Å²) < 4.78 is 80.0. The van der Waals surface area contributed by atoms with E-state index in [1.807, 2.05) is 0 Å². The quantitative estimate of drug-likeness (QED) is 0.707. The number of hydrogen-bond donors (Lipinski definition) is 2. The fraction of sp³-hybridized carbons (Fsp3) is 0.389. The summed E-state index contributed by atoms with van der Waals surface area (Å²) in [4.78, 5) is 12.1. The molecule has 0 fully saturated rings. The van der Waals surface area contributed by atoms with E-state index in [1.165, 1.54) is 18.2 Å². The first kappa shape index (κ1) is 21.0. The molecular weight excluding hydrogens is 376 g/mol. The summed E-state index contributed by atoms with van der Waals surface area (Å²) >= 11 is 0. The van der Waals surface area contributed by atoms with E-state index in [0.29, 0.717) is 11.5 Å². The zero-order valence-electron chi connectivity index (χ0n) is 14.4. The van der Waals surface area contributed by atoms with Gasteiger partial charge in [0.15, 0.2) is 0 Å². The molecule has 0 atom stereocenters. The lowest BCUT2D eigenvalue weighted by atomic mass is 9.88.